The molecular formula is C12H8O2. The van der Waals surface area contributed by atoms with Gasteiger partial charge in [-0.3, -0.25) is 0 Å². The van der Waals surface area contributed by atoms with Gasteiger partial charge >= 0.3 is 0 Å². The van der Waals surface area contributed by atoms with Crippen molar-refractivity contribution in [1.29, 1.82) is 0 Å². The molecule has 14 heavy (non-hydrogen) atoms. The van der Waals surface area contributed by atoms with E-state index < -0.39 is 0 Å². The molecule has 0 amide bonds. The minimum absolute atomic E-state index is 0.267. The molecule has 3 aromatic rings. The first-order chi connectivity index (χ1) is 6.86. The van der Waals surface area contributed by atoms with E-state index in [0.29, 0.717) is 0 Å². The fourth-order valence-corrected chi connectivity index (χ4v) is 1.80. The van der Waals surface area contributed by atoms with Gasteiger partial charge in [0.1, 0.15) is 11.3 Å². The summed E-state index contributed by atoms with van der Waals surface area (Å²) in [7, 11) is 0. The summed E-state index contributed by atoms with van der Waals surface area (Å²) in [5.41, 5.74) is 0.723. The third-order valence-corrected chi connectivity index (χ3v) is 2.46. The summed E-state index contributed by atoms with van der Waals surface area (Å²) in [6.07, 6.45) is 1.64. The zero-order valence-electron chi connectivity index (χ0n) is 7.40. The zero-order valence-corrected chi connectivity index (χ0v) is 7.40. The number of phenols is 1. The van der Waals surface area contributed by atoms with Gasteiger partial charge < -0.3 is 9.52 Å². The normalized spacial score (nSPS) is 11.1. The predicted octanol–water partition coefficient (Wildman–Crippen LogP) is 3.29. The number of hydrogen-bond donors (Lipinski definition) is 1. The lowest BCUT2D eigenvalue weighted by atomic mass is 10.1. The summed E-state index contributed by atoms with van der Waals surface area (Å²) in [5.74, 6) is 0.267. The molecule has 0 aliphatic rings. The molecule has 0 bridgehead atoms. The number of rotatable bonds is 0. The van der Waals surface area contributed by atoms with Crippen LogP contribution in [0.25, 0.3) is 21.7 Å². The number of furan rings is 1. The number of hydrogen-bond acceptors (Lipinski definition) is 2. The second-order valence-corrected chi connectivity index (χ2v) is 3.27. The van der Waals surface area contributed by atoms with E-state index in [1.165, 1.54) is 0 Å². The van der Waals surface area contributed by atoms with Crippen LogP contribution < -0.4 is 0 Å². The molecule has 3 rings (SSSR count). The largest absolute Gasteiger partial charge is 0.507 e. The van der Waals surface area contributed by atoms with Gasteiger partial charge in [-0.2, -0.15) is 0 Å². The van der Waals surface area contributed by atoms with Crippen LogP contribution in [0.3, 0.4) is 0 Å². The van der Waals surface area contributed by atoms with Gasteiger partial charge in [-0.1, -0.05) is 24.3 Å². The molecular weight excluding hydrogens is 176 g/mol. The first-order valence-corrected chi connectivity index (χ1v) is 4.44. The smallest absolute Gasteiger partial charge is 0.138 e. The lowest BCUT2D eigenvalue weighted by molar-refractivity contribution is 0.480. The Morgan fingerprint density at radius 2 is 1.71 bits per heavy atom. The molecule has 0 unspecified atom stereocenters. The molecule has 2 aromatic carbocycles. The molecule has 0 saturated heterocycles. The van der Waals surface area contributed by atoms with Gasteiger partial charge in [-0.25, -0.2) is 0 Å². The van der Waals surface area contributed by atoms with Crippen LogP contribution in [0.2, 0.25) is 0 Å². The number of benzene rings is 2. The lowest BCUT2D eigenvalue weighted by Crippen LogP contribution is -1.74. The Morgan fingerprint density at radius 3 is 2.57 bits per heavy atom. The maximum absolute atomic E-state index is 9.73. The molecule has 68 valence electrons. The van der Waals surface area contributed by atoms with Crippen molar-refractivity contribution in [1.82, 2.24) is 0 Å². The van der Waals surface area contributed by atoms with Gasteiger partial charge in [0.25, 0.3) is 0 Å². The fraction of sp³-hybridized carbons (Fsp3) is 0. The molecule has 2 nitrogen and oxygen atoms in total. The summed E-state index contributed by atoms with van der Waals surface area (Å²) < 4.78 is 5.25. The Hall–Kier alpha value is -1.96. The molecule has 0 aliphatic carbocycles. The van der Waals surface area contributed by atoms with E-state index >= 15 is 0 Å². The van der Waals surface area contributed by atoms with Gasteiger partial charge in [0.15, 0.2) is 0 Å². The molecule has 1 heterocycles. The summed E-state index contributed by atoms with van der Waals surface area (Å²) in [5, 5.41) is 12.7. The molecule has 0 saturated carbocycles. The Kier molecular flexibility index (Phi) is 1.34. The molecule has 1 aromatic heterocycles. The highest BCUT2D eigenvalue weighted by atomic mass is 16.3. The molecule has 0 aliphatic heterocycles. The average molecular weight is 184 g/mol. The van der Waals surface area contributed by atoms with E-state index in [4.69, 9.17) is 4.42 Å². The van der Waals surface area contributed by atoms with Crippen molar-refractivity contribution in [3.8, 4) is 5.75 Å². The van der Waals surface area contributed by atoms with Crippen LogP contribution in [0.1, 0.15) is 0 Å². The number of fused-ring (bicyclic) bond motifs is 3. The minimum atomic E-state index is 0.267. The predicted molar refractivity (Wildman–Crippen MR) is 55.4 cm³/mol. The Balaban J connectivity index is 2.67. The van der Waals surface area contributed by atoms with Crippen molar-refractivity contribution >= 4 is 21.7 Å². The van der Waals surface area contributed by atoms with Crippen molar-refractivity contribution in [3.63, 3.8) is 0 Å². The van der Waals surface area contributed by atoms with Gasteiger partial charge in [-0.15, -0.1) is 0 Å². The maximum atomic E-state index is 9.73. The first-order valence-electron chi connectivity index (χ1n) is 4.44. The van der Waals surface area contributed by atoms with Crippen LogP contribution in [-0.2, 0) is 0 Å². The van der Waals surface area contributed by atoms with E-state index in [2.05, 4.69) is 0 Å². The van der Waals surface area contributed by atoms with Crippen molar-refractivity contribution in [2.45, 2.75) is 0 Å². The van der Waals surface area contributed by atoms with E-state index in [9.17, 15) is 5.11 Å². The van der Waals surface area contributed by atoms with Gasteiger partial charge in [0, 0.05) is 16.8 Å². The highest BCUT2D eigenvalue weighted by molar-refractivity contribution is 6.08. The third kappa shape index (κ3) is 0.852. The monoisotopic (exact) mass is 184 g/mol. The Bertz CT molecular complexity index is 608. The highest BCUT2D eigenvalue weighted by Crippen LogP contribution is 2.32. The zero-order chi connectivity index (χ0) is 9.54. The molecule has 0 fully saturated rings. The number of phenolic OH excluding ortho intramolecular Hbond substituents is 1. The van der Waals surface area contributed by atoms with Gasteiger partial charge in [0.2, 0.25) is 0 Å². The van der Waals surface area contributed by atoms with Crippen LogP contribution in [0, 0.1) is 0 Å². The molecule has 0 atom stereocenters. The van der Waals surface area contributed by atoms with Crippen molar-refractivity contribution in [2.75, 3.05) is 0 Å². The lowest BCUT2D eigenvalue weighted by Gasteiger charge is -2.00. The topological polar surface area (TPSA) is 33.4 Å². The summed E-state index contributed by atoms with van der Waals surface area (Å²) in [6.45, 7) is 0. The fourth-order valence-electron chi connectivity index (χ4n) is 1.80. The van der Waals surface area contributed by atoms with Crippen molar-refractivity contribution in [2.24, 2.45) is 0 Å². The van der Waals surface area contributed by atoms with E-state index in [-0.39, 0.29) is 5.75 Å². The van der Waals surface area contributed by atoms with Crippen LogP contribution in [0.4, 0.5) is 0 Å². The number of aromatic hydroxyl groups is 1. The Morgan fingerprint density at radius 1 is 0.929 bits per heavy atom. The van der Waals surface area contributed by atoms with Crippen molar-refractivity contribution in [3.05, 3.63) is 42.7 Å². The quantitative estimate of drug-likeness (QED) is 0.581. The molecule has 0 spiro atoms. The SMILES string of the molecule is Oc1cc2occc2c2ccccc12. The summed E-state index contributed by atoms with van der Waals surface area (Å²) >= 11 is 0. The molecule has 0 radical (unpaired) electrons. The second-order valence-electron chi connectivity index (χ2n) is 3.27. The third-order valence-electron chi connectivity index (χ3n) is 2.46. The average Bonchev–Trinajstić information content (AvgIpc) is 2.66. The molecule has 2 heteroatoms. The summed E-state index contributed by atoms with van der Waals surface area (Å²) in [4.78, 5) is 0. The highest BCUT2D eigenvalue weighted by Gasteiger charge is 2.06. The van der Waals surface area contributed by atoms with E-state index in [1.54, 1.807) is 12.3 Å². The van der Waals surface area contributed by atoms with E-state index in [1.807, 2.05) is 30.3 Å². The standard InChI is InChI=1S/C12H8O2/c13-11-7-12-10(5-6-14-12)8-3-1-2-4-9(8)11/h1-7,13H. The van der Waals surface area contributed by atoms with Crippen molar-refractivity contribution < 1.29 is 9.52 Å². The van der Waals surface area contributed by atoms with E-state index in [0.717, 1.165) is 21.7 Å². The molecule has 1 N–H and O–H groups in total. The Labute approximate surface area is 80.4 Å². The van der Waals surface area contributed by atoms with Gasteiger partial charge in [-0.05, 0) is 11.5 Å². The first kappa shape index (κ1) is 7.44. The van der Waals surface area contributed by atoms with Crippen LogP contribution in [0.15, 0.2) is 47.1 Å². The second kappa shape index (κ2) is 2.51. The summed E-state index contributed by atoms with van der Waals surface area (Å²) in [6, 6.07) is 11.3. The van der Waals surface area contributed by atoms with Crippen LogP contribution in [0.5, 0.6) is 5.75 Å². The minimum Gasteiger partial charge on any atom is -0.507 e. The van der Waals surface area contributed by atoms with Crippen LogP contribution >= 0.6 is 0 Å². The van der Waals surface area contributed by atoms with Gasteiger partial charge in [0.05, 0.1) is 6.26 Å². The van der Waals surface area contributed by atoms with Crippen LogP contribution in [-0.4, -0.2) is 5.11 Å². The maximum Gasteiger partial charge on any atom is 0.138 e.